The van der Waals surface area contributed by atoms with Crippen molar-refractivity contribution in [3.05, 3.63) is 51.7 Å². The number of anilines is 1. The van der Waals surface area contributed by atoms with Crippen molar-refractivity contribution in [3.63, 3.8) is 0 Å². The van der Waals surface area contributed by atoms with Crippen molar-refractivity contribution >= 4 is 40.3 Å². The molecule has 1 amide bonds. The maximum absolute atomic E-state index is 12.0. The molecule has 4 nitrogen and oxygen atoms in total. The number of ketones is 1. The van der Waals surface area contributed by atoms with E-state index in [2.05, 4.69) is 5.32 Å². The zero-order valence-corrected chi connectivity index (χ0v) is 11.7. The Balaban J connectivity index is 2.14. The minimum absolute atomic E-state index is 0.387. The van der Waals surface area contributed by atoms with Gasteiger partial charge < -0.3 is 5.32 Å². The molecule has 0 aliphatic rings. The van der Waals surface area contributed by atoms with Crippen LogP contribution in [-0.4, -0.2) is 11.7 Å². The van der Waals surface area contributed by atoms with Gasteiger partial charge in [0.25, 0.3) is 0 Å². The number of amides is 1. The molecule has 0 fully saturated rings. The Morgan fingerprint density at radius 3 is 2.70 bits per heavy atom. The van der Waals surface area contributed by atoms with E-state index in [0.717, 1.165) is 0 Å². The molecule has 0 radical (unpaired) electrons. The van der Waals surface area contributed by atoms with E-state index in [0.29, 0.717) is 15.6 Å². The van der Waals surface area contributed by atoms with Crippen molar-refractivity contribution in [1.29, 1.82) is 5.26 Å². The zero-order valence-electron chi connectivity index (χ0n) is 10.2. The first-order chi connectivity index (χ1) is 9.61. The predicted molar refractivity (Wildman–Crippen MR) is 77.8 cm³/mol. The summed E-state index contributed by atoms with van der Waals surface area (Å²) in [5.41, 5.74) is 0.446. The lowest BCUT2D eigenvalue weighted by Gasteiger charge is -2.08. The van der Waals surface area contributed by atoms with Crippen molar-refractivity contribution in [1.82, 2.24) is 0 Å². The fourth-order valence-electron chi connectivity index (χ4n) is 1.58. The molecule has 6 heteroatoms. The Morgan fingerprint density at radius 1 is 1.30 bits per heavy atom. The lowest BCUT2D eigenvalue weighted by Crippen LogP contribution is -2.28. The topological polar surface area (TPSA) is 70.0 Å². The van der Waals surface area contributed by atoms with Gasteiger partial charge in [0.1, 0.15) is 0 Å². The highest BCUT2D eigenvalue weighted by atomic mass is 35.5. The van der Waals surface area contributed by atoms with Crippen LogP contribution < -0.4 is 5.32 Å². The molecule has 0 saturated heterocycles. The number of carbonyl (C=O) groups is 2. The fraction of sp³-hybridized carbons (Fsp3) is 0.0714. The number of benzene rings is 1. The van der Waals surface area contributed by atoms with Gasteiger partial charge in [0.15, 0.2) is 11.7 Å². The molecule has 0 spiro atoms. The Bertz CT molecular complexity index is 677. The second-order valence-corrected chi connectivity index (χ2v) is 5.29. The normalized spacial score (nSPS) is 11.4. The van der Waals surface area contributed by atoms with Gasteiger partial charge in [0.2, 0.25) is 5.91 Å². The lowest BCUT2D eigenvalue weighted by atomic mass is 10.0. The number of rotatable bonds is 4. The molecule has 1 heterocycles. The molecule has 1 aromatic carbocycles. The van der Waals surface area contributed by atoms with E-state index in [4.69, 9.17) is 16.9 Å². The number of nitriles is 1. The smallest absolute Gasteiger partial charge is 0.249 e. The number of carbonyl (C=O) groups excluding carboxylic acids is 2. The molecule has 0 unspecified atom stereocenters. The molecule has 0 saturated carbocycles. The lowest BCUT2D eigenvalue weighted by molar-refractivity contribution is -0.117. The van der Waals surface area contributed by atoms with Crippen LogP contribution in [0.4, 0.5) is 5.69 Å². The average molecular weight is 305 g/mol. The van der Waals surface area contributed by atoms with Gasteiger partial charge in [-0.15, -0.1) is 11.3 Å². The summed E-state index contributed by atoms with van der Waals surface area (Å²) in [4.78, 5) is 24.4. The van der Waals surface area contributed by atoms with Crippen molar-refractivity contribution < 1.29 is 9.59 Å². The summed E-state index contributed by atoms with van der Waals surface area (Å²) < 4.78 is 0. The first-order valence-electron chi connectivity index (χ1n) is 5.65. The third-order valence-electron chi connectivity index (χ3n) is 2.51. The second kappa shape index (κ2) is 6.33. The molecule has 2 aromatic rings. The average Bonchev–Trinajstić information content (AvgIpc) is 2.93. The first-order valence-corrected chi connectivity index (χ1v) is 6.91. The molecule has 0 bridgehead atoms. The molecule has 100 valence electrons. The van der Waals surface area contributed by atoms with Gasteiger partial charge >= 0.3 is 0 Å². The molecule has 20 heavy (non-hydrogen) atoms. The van der Waals surface area contributed by atoms with Gasteiger partial charge in [0.05, 0.1) is 10.9 Å². The number of thiophene rings is 1. The van der Waals surface area contributed by atoms with Gasteiger partial charge in [0, 0.05) is 10.7 Å². The summed E-state index contributed by atoms with van der Waals surface area (Å²) in [6, 6.07) is 11.5. The Labute approximate surface area is 124 Å². The van der Waals surface area contributed by atoms with Crippen LogP contribution in [0.1, 0.15) is 9.67 Å². The molecule has 1 atom stereocenters. The zero-order chi connectivity index (χ0) is 14.5. The van der Waals surface area contributed by atoms with Crippen molar-refractivity contribution in [2.45, 2.75) is 0 Å². The van der Waals surface area contributed by atoms with E-state index in [9.17, 15) is 9.59 Å². The summed E-state index contributed by atoms with van der Waals surface area (Å²) in [6.45, 7) is 0. The van der Waals surface area contributed by atoms with E-state index in [1.165, 1.54) is 11.3 Å². The monoisotopic (exact) mass is 304 g/mol. The highest BCUT2D eigenvalue weighted by Gasteiger charge is 2.28. The molecule has 1 aromatic heterocycles. The third kappa shape index (κ3) is 3.23. The Hall–Kier alpha value is -2.16. The SMILES string of the molecule is N#C[C@@H](C(=O)Nc1cccc(Cl)c1)C(=O)c1cccs1. The third-order valence-corrected chi connectivity index (χ3v) is 3.63. The second-order valence-electron chi connectivity index (χ2n) is 3.90. The molecule has 0 aliphatic heterocycles. The van der Waals surface area contributed by atoms with Crippen molar-refractivity contribution in [3.8, 4) is 6.07 Å². The maximum atomic E-state index is 12.0. The van der Waals surface area contributed by atoms with E-state index in [1.807, 2.05) is 0 Å². The summed E-state index contributed by atoms with van der Waals surface area (Å²) in [7, 11) is 0. The van der Waals surface area contributed by atoms with Gasteiger partial charge in [-0.1, -0.05) is 23.7 Å². The fourth-order valence-corrected chi connectivity index (χ4v) is 2.46. The first kappa shape index (κ1) is 14.3. The van der Waals surface area contributed by atoms with Crippen LogP contribution in [0.3, 0.4) is 0 Å². The minimum atomic E-state index is -1.37. The summed E-state index contributed by atoms with van der Waals surface area (Å²) in [6.07, 6.45) is 0. The highest BCUT2D eigenvalue weighted by molar-refractivity contribution is 7.12. The van der Waals surface area contributed by atoms with E-state index in [-0.39, 0.29) is 0 Å². The van der Waals surface area contributed by atoms with Gasteiger partial charge in [-0.2, -0.15) is 5.26 Å². The minimum Gasteiger partial charge on any atom is -0.324 e. The number of halogens is 1. The van der Waals surface area contributed by atoms with Crippen LogP contribution >= 0.6 is 22.9 Å². The predicted octanol–water partition coefficient (Wildman–Crippen LogP) is 3.36. The van der Waals surface area contributed by atoms with E-state index in [1.54, 1.807) is 47.8 Å². The molecular formula is C14H9ClN2O2S. The van der Waals surface area contributed by atoms with Crippen LogP contribution in [0.2, 0.25) is 5.02 Å². The molecule has 2 rings (SSSR count). The van der Waals surface area contributed by atoms with Crippen LogP contribution in [-0.2, 0) is 4.79 Å². The molecule has 0 aliphatic carbocycles. The molecule has 1 N–H and O–H groups in total. The van der Waals surface area contributed by atoms with Gasteiger partial charge in [-0.05, 0) is 29.6 Å². The number of Topliss-reactive ketones (excluding diaryl/α,β-unsaturated/α-hetero) is 1. The Kier molecular flexibility index (Phi) is 4.51. The summed E-state index contributed by atoms with van der Waals surface area (Å²) in [5.74, 6) is -2.53. The van der Waals surface area contributed by atoms with Crippen LogP contribution in [0.5, 0.6) is 0 Å². The molecular weight excluding hydrogens is 296 g/mol. The van der Waals surface area contributed by atoms with Gasteiger partial charge in [-0.25, -0.2) is 0 Å². The number of nitrogens with zero attached hydrogens (tertiary/aromatic N) is 1. The summed E-state index contributed by atoms with van der Waals surface area (Å²) in [5, 5.41) is 13.7. The summed E-state index contributed by atoms with van der Waals surface area (Å²) >= 11 is 7.00. The highest BCUT2D eigenvalue weighted by Crippen LogP contribution is 2.18. The number of hydrogen-bond acceptors (Lipinski definition) is 4. The van der Waals surface area contributed by atoms with Crippen molar-refractivity contribution in [2.75, 3.05) is 5.32 Å². The van der Waals surface area contributed by atoms with Crippen LogP contribution in [0, 0.1) is 17.2 Å². The van der Waals surface area contributed by atoms with Crippen LogP contribution in [0.25, 0.3) is 0 Å². The van der Waals surface area contributed by atoms with Crippen molar-refractivity contribution in [2.24, 2.45) is 5.92 Å². The standard InChI is InChI=1S/C14H9ClN2O2S/c15-9-3-1-4-10(7-9)17-14(19)11(8-16)13(18)12-5-2-6-20-12/h1-7,11H,(H,17,19)/t11-/m1/s1. The largest absolute Gasteiger partial charge is 0.324 e. The van der Waals surface area contributed by atoms with E-state index < -0.39 is 17.6 Å². The quantitative estimate of drug-likeness (QED) is 0.695. The number of hydrogen-bond donors (Lipinski definition) is 1. The van der Waals surface area contributed by atoms with Crippen LogP contribution in [0.15, 0.2) is 41.8 Å². The maximum Gasteiger partial charge on any atom is 0.249 e. The number of nitrogens with one attached hydrogen (secondary N) is 1. The van der Waals surface area contributed by atoms with E-state index >= 15 is 0 Å². The van der Waals surface area contributed by atoms with Gasteiger partial charge in [-0.3, -0.25) is 9.59 Å². The Morgan fingerprint density at radius 2 is 2.10 bits per heavy atom.